The third kappa shape index (κ3) is 3.17. The summed E-state index contributed by atoms with van der Waals surface area (Å²) < 4.78 is 0. The lowest BCUT2D eigenvalue weighted by Gasteiger charge is -2.03. The number of rotatable bonds is 4. The average Bonchev–Trinajstić information content (AvgIpc) is 2.96. The van der Waals surface area contributed by atoms with Crippen LogP contribution in [0.1, 0.15) is 20.9 Å². The van der Waals surface area contributed by atoms with Crippen LogP contribution in [0, 0.1) is 6.92 Å². The second-order valence-corrected chi connectivity index (χ2v) is 5.69. The van der Waals surface area contributed by atoms with E-state index in [1.54, 1.807) is 18.6 Å². The number of nitrogens with zero attached hydrogens (tertiary/aromatic N) is 3. The van der Waals surface area contributed by atoms with Crippen LogP contribution < -0.4 is 5.32 Å². The van der Waals surface area contributed by atoms with Crippen LogP contribution in [0.5, 0.6) is 0 Å². The van der Waals surface area contributed by atoms with Crippen LogP contribution in [0.4, 0.5) is 0 Å². The Labute approximate surface area is 132 Å². The quantitative estimate of drug-likeness (QED) is 0.804. The maximum Gasteiger partial charge on any atom is 0.263 e. The molecular formula is C16H14N4OS. The van der Waals surface area contributed by atoms with Gasteiger partial charge in [-0.25, -0.2) is 4.98 Å². The van der Waals surface area contributed by atoms with E-state index in [9.17, 15) is 4.79 Å². The van der Waals surface area contributed by atoms with Gasteiger partial charge in [-0.1, -0.05) is 6.07 Å². The van der Waals surface area contributed by atoms with E-state index in [1.807, 2.05) is 37.3 Å². The molecule has 0 radical (unpaired) electrons. The molecule has 0 aliphatic heterocycles. The summed E-state index contributed by atoms with van der Waals surface area (Å²) in [6.07, 6.45) is 5.13. The third-order valence-electron chi connectivity index (χ3n) is 3.09. The first-order chi connectivity index (χ1) is 10.7. The van der Waals surface area contributed by atoms with Crippen molar-refractivity contribution in [2.75, 3.05) is 0 Å². The van der Waals surface area contributed by atoms with Crippen molar-refractivity contribution in [3.8, 4) is 10.7 Å². The molecule has 3 rings (SSSR count). The van der Waals surface area contributed by atoms with Crippen LogP contribution in [-0.2, 0) is 6.54 Å². The second kappa shape index (κ2) is 6.44. The van der Waals surface area contributed by atoms with Gasteiger partial charge in [0.15, 0.2) is 0 Å². The highest BCUT2D eigenvalue weighted by Crippen LogP contribution is 2.26. The van der Waals surface area contributed by atoms with E-state index in [1.165, 1.54) is 11.3 Å². The maximum absolute atomic E-state index is 12.3. The van der Waals surface area contributed by atoms with Crippen LogP contribution in [0.3, 0.4) is 0 Å². The predicted octanol–water partition coefficient (Wildman–Crippen LogP) is 2.84. The van der Waals surface area contributed by atoms with E-state index >= 15 is 0 Å². The fraction of sp³-hybridized carbons (Fsp3) is 0.125. The summed E-state index contributed by atoms with van der Waals surface area (Å²) in [4.78, 5) is 25.6. The van der Waals surface area contributed by atoms with E-state index in [-0.39, 0.29) is 5.91 Å². The van der Waals surface area contributed by atoms with Gasteiger partial charge in [-0.2, -0.15) is 0 Å². The minimum absolute atomic E-state index is 0.117. The first-order valence-corrected chi connectivity index (χ1v) is 7.61. The Kier molecular flexibility index (Phi) is 4.20. The summed E-state index contributed by atoms with van der Waals surface area (Å²) in [6, 6.07) is 9.39. The van der Waals surface area contributed by atoms with Crippen LogP contribution in [0.25, 0.3) is 10.7 Å². The van der Waals surface area contributed by atoms with E-state index < -0.39 is 0 Å². The lowest BCUT2D eigenvalue weighted by atomic mass is 10.2. The molecule has 0 bridgehead atoms. The normalized spacial score (nSPS) is 10.4. The van der Waals surface area contributed by atoms with Crippen molar-refractivity contribution >= 4 is 17.2 Å². The number of hydrogen-bond acceptors (Lipinski definition) is 5. The Morgan fingerprint density at radius 1 is 1.18 bits per heavy atom. The molecule has 0 atom stereocenters. The summed E-state index contributed by atoms with van der Waals surface area (Å²) in [7, 11) is 0. The van der Waals surface area contributed by atoms with E-state index in [4.69, 9.17) is 0 Å². The third-order valence-corrected chi connectivity index (χ3v) is 4.27. The zero-order valence-corrected chi connectivity index (χ0v) is 12.8. The Morgan fingerprint density at radius 3 is 2.73 bits per heavy atom. The fourth-order valence-corrected chi connectivity index (χ4v) is 2.93. The van der Waals surface area contributed by atoms with Gasteiger partial charge in [-0.05, 0) is 36.8 Å². The van der Waals surface area contributed by atoms with Gasteiger partial charge in [-0.15, -0.1) is 11.3 Å². The molecule has 22 heavy (non-hydrogen) atoms. The zero-order chi connectivity index (χ0) is 15.4. The first-order valence-electron chi connectivity index (χ1n) is 6.80. The van der Waals surface area contributed by atoms with Gasteiger partial charge in [0.05, 0.1) is 11.4 Å². The monoisotopic (exact) mass is 310 g/mol. The van der Waals surface area contributed by atoms with Crippen molar-refractivity contribution in [2.24, 2.45) is 0 Å². The lowest BCUT2D eigenvalue weighted by molar-refractivity contribution is 0.0954. The van der Waals surface area contributed by atoms with Crippen LogP contribution in [0.15, 0.2) is 48.9 Å². The Morgan fingerprint density at radius 2 is 2.00 bits per heavy atom. The van der Waals surface area contributed by atoms with Crippen LogP contribution in [-0.4, -0.2) is 20.9 Å². The molecule has 5 nitrogen and oxygen atoms in total. The molecule has 1 N–H and O–H groups in total. The maximum atomic E-state index is 12.3. The van der Waals surface area contributed by atoms with Crippen molar-refractivity contribution in [2.45, 2.75) is 13.5 Å². The highest BCUT2D eigenvalue weighted by atomic mass is 32.1. The Bertz CT molecular complexity index is 771. The van der Waals surface area contributed by atoms with Crippen molar-refractivity contribution in [1.29, 1.82) is 0 Å². The molecule has 0 aliphatic rings. The minimum Gasteiger partial charge on any atom is -0.347 e. The highest BCUT2D eigenvalue weighted by Gasteiger charge is 2.16. The number of aromatic nitrogens is 3. The van der Waals surface area contributed by atoms with Gasteiger partial charge >= 0.3 is 0 Å². The van der Waals surface area contributed by atoms with Crippen molar-refractivity contribution in [1.82, 2.24) is 20.3 Å². The van der Waals surface area contributed by atoms with Gasteiger partial charge in [0, 0.05) is 25.1 Å². The van der Waals surface area contributed by atoms with Gasteiger partial charge in [-0.3, -0.25) is 14.8 Å². The highest BCUT2D eigenvalue weighted by molar-refractivity contribution is 7.17. The number of aryl methyl sites for hydroxylation is 1. The number of pyridine rings is 2. The molecule has 0 aliphatic carbocycles. The summed E-state index contributed by atoms with van der Waals surface area (Å²) >= 11 is 1.36. The molecule has 0 saturated carbocycles. The molecule has 3 heterocycles. The molecule has 3 aromatic rings. The van der Waals surface area contributed by atoms with E-state index in [0.29, 0.717) is 11.4 Å². The summed E-state index contributed by atoms with van der Waals surface area (Å²) in [6.45, 7) is 2.31. The number of thiazole rings is 1. The zero-order valence-electron chi connectivity index (χ0n) is 12.0. The summed E-state index contributed by atoms with van der Waals surface area (Å²) in [5, 5.41) is 3.66. The molecule has 1 amide bonds. The fourth-order valence-electron chi connectivity index (χ4n) is 1.97. The molecule has 0 spiro atoms. The van der Waals surface area contributed by atoms with Gasteiger partial charge in [0.2, 0.25) is 0 Å². The van der Waals surface area contributed by atoms with Gasteiger partial charge < -0.3 is 5.32 Å². The topological polar surface area (TPSA) is 67.8 Å². The van der Waals surface area contributed by atoms with Gasteiger partial charge in [0.1, 0.15) is 9.88 Å². The molecule has 110 valence electrons. The standard InChI is InChI=1S/C16H14N4OS/c1-11-14(15(21)19-10-12-5-8-17-9-6-12)22-16(20-11)13-4-2-3-7-18-13/h2-9H,10H2,1H3,(H,19,21). The summed E-state index contributed by atoms with van der Waals surface area (Å²) in [5.74, 6) is -0.117. The van der Waals surface area contributed by atoms with Gasteiger partial charge in [0.25, 0.3) is 5.91 Å². The smallest absolute Gasteiger partial charge is 0.263 e. The lowest BCUT2D eigenvalue weighted by Crippen LogP contribution is -2.22. The SMILES string of the molecule is Cc1nc(-c2ccccn2)sc1C(=O)NCc1ccncc1. The van der Waals surface area contributed by atoms with E-state index in [0.717, 1.165) is 22.0 Å². The number of hydrogen-bond donors (Lipinski definition) is 1. The number of carbonyl (C=O) groups is 1. The molecule has 3 aromatic heterocycles. The average molecular weight is 310 g/mol. The summed E-state index contributed by atoms with van der Waals surface area (Å²) in [5.41, 5.74) is 2.51. The first kappa shape index (κ1) is 14.3. The Balaban J connectivity index is 1.74. The van der Waals surface area contributed by atoms with Crippen LogP contribution in [0.2, 0.25) is 0 Å². The molecule has 0 fully saturated rings. The Hall–Kier alpha value is -2.60. The molecule has 0 unspecified atom stereocenters. The number of nitrogens with one attached hydrogen (secondary N) is 1. The molecular weight excluding hydrogens is 296 g/mol. The van der Waals surface area contributed by atoms with Crippen LogP contribution >= 0.6 is 11.3 Å². The molecule has 0 saturated heterocycles. The van der Waals surface area contributed by atoms with E-state index in [2.05, 4.69) is 20.3 Å². The van der Waals surface area contributed by atoms with Crippen molar-refractivity contribution in [3.63, 3.8) is 0 Å². The van der Waals surface area contributed by atoms with Crippen molar-refractivity contribution in [3.05, 3.63) is 65.1 Å². The minimum atomic E-state index is -0.117. The van der Waals surface area contributed by atoms with Crippen molar-refractivity contribution < 1.29 is 4.79 Å². The molecule has 0 aromatic carbocycles. The largest absolute Gasteiger partial charge is 0.347 e. The number of carbonyl (C=O) groups excluding carboxylic acids is 1. The number of amides is 1. The molecule has 6 heteroatoms. The second-order valence-electron chi connectivity index (χ2n) is 4.69. The predicted molar refractivity (Wildman–Crippen MR) is 85.5 cm³/mol.